The molecule has 1 atom stereocenters. The summed E-state index contributed by atoms with van der Waals surface area (Å²) in [7, 11) is 4.17. The fraction of sp³-hybridized carbons (Fsp3) is 0.667. The van der Waals surface area contributed by atoms with Crippen molar-refractivity contribution >= 4 is 0 Å². The highest BCUT2D eigenvalue weighted by atomic mass is 16.5. The second-order valence-corrected chi connectivity index (χ2v) is 6.65. The minimum absolute atomic E-state index is 0.0697. The first-order chi connectivity index (χ1) is 9.86. The number of nitrogens with zero attached hydrogens (tertiary/aromatic N) is 1. The molecule has 3 heteroatoms. The summed E-state index contributed by atoms with van der Waals surface area (Å²) in [6.45, 7) is 12.3. The van der Waals surface area contributed by atoms with Crippen molar-refractivity contribution in [3.05, 3.63) is 35.4 Å². The SMILES string of the molecule is CCNCC(C)c1ccc(COCC(C)(C)N(C)C)cc1. The number of hydrogen-bond acceptors (Lipinski definition) is 3. The minimum atomic E-state index is 0.0697. The molecule has 0 amide bonds. The van der Waals surface area contributed by atoms with Crippen LogP contribution in [0.3, 0.4) is 0 Å². The Balaban J connectivity index is 2.44. The van der Waals surface area contributed by atoms with E-state index in [-0.39, 0.29) is 5.54 Å². The number of ether oxygens (including phenoxy) is 1. The number of nitrogens with one attached hydrogen (secondary N) is 1. The van der Waals surface area contributed by atoms with Crippen molar-refractivity contribution in [2.75, 3.05) is 33.8 Å². The monoisotopic (exact) mass is 292 g/mol. The molecule has 1 rings (SSSR count). The number of benzene rings is 1. The van der Waals surface area contributed by atoms with Crippen LogP contribution in [0.5, 0.6) is 0 Å². The smallest absolute Gasteiger partial charge is 0.0717 e. The van der Waals surface area contributed by atoms with Gasteiger partial charge >= 0.3 is 0 Å². The average Bonchev–Trinajstić information content (AvgIpc) is 2.45. The Bertz CT molecular complexity index is 398. The number of rotatable bonds is 9. The average molecular weight is 292 g/mol. The lowest BCUT2D eigenvalue weighted by Gasteiger charge is -2.32. The molecule has 0 radical (unpaired) electrons. The Morgan fingerprint density at radius 2 is 1.81 bits per heavy atom. The third-order valence-electron chi connectivity index (χ3n) is 4.18. The van der Waals surface area contributed by atoms with Crippen molar-refractivity contribution in [1.82, 2.24) is 10.2 Å². The van der Waals surface area contributed by atoms with Crippen molar-refractivity contribution in [2.45, 2.75) is 45.8 Å². The first-order valence-electron chi connectivity index (χ1n) is 7.91. The van der Waals surface area contributed by atoms with E-state index in [1.54, 1.807) is 0 Å². The Labute approximate surface area is 130 Å². The molecule has 0 saturated heterocycles. The van der Waals surface area contributed by atoms with E-state index in [2.05, 4.69) is 76.3 Å². The van der Waals surface area contributed by atoms with Crippen molar-refractivity contribution in [3.63, 3.8) is 0 Å². The molecule has 1 unspecified atom stereocenters. The fourth-order valence-corrected chi connectivity index (χ4v) is 1.97. The van der Waals surface area contributed by atoms with Gasteiger partial charge in [0.1, 0.15) is 0 Å². The van der Waals surface area contributed by atoms with Gasteiger partial charge in [-0.3, -0.25) is 0 Å². The van der Waals surface area contributed by atoms with Crippen LogP contribution in [-0.2, 0) is 11.3 Å². The van der Waals surface area contributed by atoms with Crippen LogP contribution in [0.1, 0.15) is 44.7 Å². The molecule has 1 aromatic rings. The van der Waals surface area contributed by atoms with E-state index in [1.807, 2.05) is 0 Å². The molecule has 0 saturated carbocycles. The van der Waals surface area contributed by atoms with Crippen molar-refractivity contribution < 1.29 is 4.74 Å². The lowest BCUT2D eigenvalue weighted by Crippen LogP contribution is -2.42. The number of likely N-dealkylation sites (N-methyl/N-ethyl adjacent to an activating group) is 2. The van der Waals surface area contributed by atoms with Gasteiger partial charge < -0.3 is 15.0 Å². The molecule has 0 fully saturated rings. The van der Waals surface area contributed by atoms with Crippen LogP contribution in [0.15, 0.2) is 24.3 Å². The standard InChI is InChI=1S/C18H32N2O/c1-7-19-12-15(2)17-10-8-16(9-11-17)13-21-14-18(3,4)20(5)6/h8-11,15,19H,7,12-14H2,1-6H3. The summed E-state index contributed by atoms with van der Waals surface area (Å²) < 4.78 is 5.86. The largest absolute Gasteiger partial charge is 0.375 e. The third kappa shape index (κ3) is 6.16. The minimum Gasteiger partial charge on any atom is -0.375 e. The van der Waals surface area contributed by atoms with Crippen LogP contribution in [-0.4, -0.2) is 44.2 Å². The normalized spacial score (nSPS) is 13.7. The quantitative estimate of drug-likeness (QED) is 0.756. The summed E-state index contributed by atoms with van der Waals surface area (Å²) in [5.41, 5.74) is 2.69. The van der Waals surface area contributed by atoms with Crippen LogP contribution < -0.4 is 5.32 Å². The van der Waals surface area contributed by atoms with Gasteiger partial charge in [-0.05, 0) is 51.5 Å². The van der Waals surface area contributed by atoms with E-state index >= 15 is 0 Å². The van der Waals surface area contributed by atoms with Gasteiger partial charge in [0, 0.05) is 12.1 Å². The van der Waals surface area contributed by atoms with E-state index < -0.39 is 0 Å². The summed E-state index contributed by atoms with van der Waals surface area (Å²) in [6, 6.07) is 8.80. The molecule has 1 N–H and O–H groups in total. The van der Waals surface area contributed by atoms with Crippen LogP contribution >= 0.6 is 0 Å². The highest BCUT2D eigenvalue weighted by Gasteiger charge is 2.20. The molecule has 0 aliphatic heterocycles. The lowest BCUT2D eigenvalue weighted by atomic mass is 10.00. The van der Waals surface area contributed by atoms with Gasteiger partial charge in [0.05, 0.1) is 13.2 Å². The summed E-state index contributed by atoms with van der Waals surface area (Å²) >= 11 is 0. The highest BCUT2D eigenvalue weighted by molar-refractivity contribution is 5.24. The molecule has 0 spiro atoms. The molecule has 0 bridgehead atoms. The summed E-state index contributed by atoms with van der Waals surface area (Å²) in [6.07, 6.45) is 0. The number of hydrogen-bond donors (Lipinski definition) is 1. The van der Waals surface area contributed by atoms with Crippen molar-refractivity contribution in [3.8, 4) is 0 Å². The molecule has 1 aromatic carbocycles. The highest BCUT2D eigenvalue weighted by Crippen LogP contribution is 2.16. The molecule has 120 valence electrons. The van der Waals surface area contributed by atoms with Crippen molar-refractivity contribution in [1.29, 1.82) is 0 Å². The van der Waals surface area contributed by atoms with E-state index in [9.17, 15) is 0 Å². The van der Waals surface area contributed by atoms with Crippen LogP contribution in [0, 0.1) is 0 Å². The predicted octanol–water partition coefficient (Wildman–Crippen LogP) is 3.26. The second kappa shape index (κ2) is 8.52. The Hall–Kier alpha value is -0.900. The van der Waals surface area contributed by atoms with Crippen LogP contribution in [0.4, 0.5) is 0 Å². The van der Waals surface area contributed by atoms with Crippen molar-refractivity contribution in [2.24, 2.45) is 0 Å². The zero-order chi connectivity index (χ0) is 15.9. The second-order valence-electron chi connectivity index (χ2n) is 6.65. The molecule has 0 aromatic heterocycles. The van der Waals surface area contributed by atoms with E-state index in [0.29, 0.717) is 12.5 Å². The zero-order valence-electron chi connectivity index (χ0n) is 14.6. The Morgan fingerprint density at radius 3 is 2.33 bits per heavy atom. The zero-order valence-corrected chi connectivity index (χ0v) is 14.6. The molecule has 3 nitrogen and oxygen atoms in total. The van der Waals surface area contributed by atoms with Gasteiger partial charge in [-0.2, -0.15) is 0 Å². The van der Waals surface area contributed by atoms with Gasteiger partial charge in [0.15, 0.2) is 0 Å². The van der Waals surface area contributed by atoms with Gasteiger partial charge in [0.2, 0.25) is 0 Å². The molecular weight excluding hydrogens is 260 g/mol. The Kier molecular flexibility index (Phi) is 7.36. The fourth-order valence-electron chi connectivity index (χ4n) is 1.97. The van der Waals surface area contributed by atoms with E-state index in [1.165, 1.54) is 11.1 Å². The van der Waals surface area contributed by atoms with E-state index in [0.717, 1.165) is 19.7 Å². The summed E-state index contributed by atoms with van der Waals surface area (Å²) in [4.78, 5) is 2.19. The van der Waals surface area contributed by atoms with Crippen LogP contribution in [0.25, 0.3) is 0 Å². The van der Waals surface area contributed by atoms with Gasteiger partial charge in [-0.25, -0.2) is 0 Å². The van der Waals surface area contributed by atoms with Gasteiger partial charge in [0.25, 0.3) is 0 Å². The maximum Gasteiger partial charge on any atom is 0.0717 e. The molecular formula is C18H32N2O. The molecule has 0 aliphatic rings. The molecule has 0 aliphatic carbocycles. The Morgan fingerprint density at radius 1 is 1.19 bits per heavy atom. The maximum atomic E-state index is 5.86. The predicted molar refractivity (Wildman–Crippen MR) is 90.8 cm³/mol. The van der Waals surface area contributed by atoms with Gasteiger partial charge in [-0.1, -0.05) is 38.1 Å². The molecule has 0 heterocycles. The van der Waals surface area contributed by atoms with Crippen LogP contribution in [0.2, 0.25) is 0 Å². The first kappa shape index (κ1) is 18.1. The van der Waals surface area contributed by atoms with E-state index in [4.69, 9.17) is 4.74 Å². The first-order valence-corrected chi connectivity index (χ1v) is 7.91. The van der Waals surface area contributed by atoms with Gasteiger partial charge in [-0.15, -0.1) is 0 Å². The maximum absolute atomic E-state index is 5.86. The topological polar surface area (TPSA) is 24.5 Å². The lowest BCUT2D eigenvalue weighted by molar-refractivity contribution is 0.0275. The molecule has 21 heavy (non-hydrogen) atoms. The third-order valence-corrected chi connectivity index (χ3v) is 4.18. The summed E-state index contributed by atoms with van der Waals surface area (Å²) in [5.74, 6) is 0.549. The summed E-state index contributed by atoms with van der Waals surface area (Å²) in [5, 5.41) is 3.39.